The van der Waals surface area contributed by atoms with Crippen LogP contribution in [-0.4, -0.2) is 91.8 Å². The summed E-state index contributed by atoms with van der Waals surface area (Å²) in [6.07, 6.45) is 1.74. The van der Waals surface area contributed by atoms with E-state index in [1.54, 1.807) is 0 Å². The Morgan fingerprint density at radius 1 is 1.06 bits per heavy atom. The molecule has 0 spiro atoms. The molecule has 9 heteroatoms. The van der Waals surface area contributed by atoms with Crippen LogP contribution in [0.2, 0.25) is 0 Å². The molecule has 0 aliphatic carbocycles. The molecule has 0 saturated heterocycles. The number of hydrogen-bond donors (Lipinski definition) is 0. The van der Waals surface area contributed by atoms with Gasteiger partial charge in [-0.15, -0.1) is 0 Å². The number of ether oxygens (including phenoxy) is 1. The summed E-state index contributed by atoms with van der Waals surface area (Å²) < 4.78 is 30.7. The zero-order valence-corrected chi connectivity index (χ0v) is 9.36. The van der Waals surface area contributed by atoms with Gasteiger partial charge in [0.25, 0.3) is 0 Å². The molecule has 0 fully saturated rings. The third kappa shape index (κ3) is 12.8. The van der Waals surface area contributed by atoms with E-state index in [9.17, 15) is 18.0 Å². The molecule has 0 N–H and O–H groups in total. The van der Waals surface area contributed by atoms with E-state index in [4.69, 9.17) is 0 Å². The van der Waals surface area contributed by atoms with Gasteiger partial charge in [-0.25, -0.2) is 9.59 Å². The van der Waals surface area contributed by atoms with Crippen molar-refractivity contribution >= 4 is 81.2 Å². The van der Waals surface area contributed by atoms with Gasteiger partial charge in [0.05, 0.1) is 12.4 Å². The first-order chi connectivity index (χ1) is 7.41. The normalized spacial score (nSPS) is 9.11. The van der Waals surface area contributed by atoms with Gasteiger partial charge >= 0.3 is 81.2 Å². The molecule has 0 radical (unpaired) electrons. The summed E-state index contributed by atoms with van der Waals surface area (Å²) >= 11 is 0. The Labute approximate surface area is 150 Å². The Kier molecular flexibility index (Phi) is 16.2. The second-order valence-electron chi connectivity index (χ2n) is 2.59. The molecule has 6 nitrogen and oxygen atoms in total. The van der Waals surface area contributed by atoms with Crippen LogP contribution in [0.4, 0.5) is 0 Å². The fourth-order valence-electron chi connectivity index (χ4n) is 0.668. The summed E-state index contributed by atoms with van der Waals surface area (Å²) in [5.41, 5.74) is 0. The first-order valence-electron chi connectivity index (χ1n) is 4.29. The number of rotatable bonds is 7. The van der Waals surface area contributed by atoms with Gasteiger partial charge in [-0.3, -0.25) is 0 Å². The van der Waals surface area contributed by atoms with Gasteiger partial charge < -0.3 is 8.92 Å². The summed E-state index contributed by atoms with van der Waals surface area (Å²) in [5.74, 6) is -2.10. The molecular weight excluding hydrogens is 282 g/mol. The van der Waals surface area contributed by atoms with Crippen molar-refractivity contribution in [2.24, 2.45) is 0 Å². The molecule has 0 atom stereocenters. The molecule has 0 heterocycles. The van der Waals surface area contributed by atoms with Crippen LogP contribution in [0.5, 0.6) is 0 Å². The van der Waals surface area contributed by atoms with Crippen molar-refractivity contribution in [2.45, 2.75) is 6.42 Å². The average Bonchev–Trinajstić information content (AvgIpc) is 2.23. The molecule has 0 amide bonds. The molecule has 0 rings (SSSR count). The van der Waals surface area contributed by atoms with Gasteiger partial charge in [0, 0.05) is 12.2 Å². The van der Waals surface area contributed by atoms with Crippen LogP contribution in [0.25, 0.3) is 0 Å². The standard InChI is InChI=1S/C9H12O6S.2Na.2H/c1-3-8(10)14-6-5-7-16(12,13)15-9(11)4-2;;;;/h3-4H,1-2,5-7H2;;;;. The predicted octanol–water partition coefficient (Wildman–Crippen LogP) is -1.13. The molecule has 0 saturated carbocycles. The number of carbonyl (C=O) groups excluding carboxylic acids is 2. The molecule has 0 aliphatic heterocycles. The first kappa shape index (κ1) is 23.5. The number of hydrogen-bond acceptors (Lipinski definition) is 6. The molecule has 0 aromatic carbocycles. The van der Waals surface area contributed by atoms with Crippen LogP contribution < -0.4 is 0 Å². The fraction of sp³-hybridized carbons (Fsp3) is 0.333. The van der Waals surface area contributed by atoms with E-state index in [0.717, 1.165) is 12.2 Å². The van der Waals surface area contributed by atoms with Gasteiger partial charge in [0.2, 0.25) is 0 Å². The molecule has 0 unspecified atom stereocenters. The molecule has 0 aromatic heterocycles. The number of esters is 1. The average molecular weight is 296 g/mol. The topological polar surface area (TPSA) is 86.7 Å². The third-order valence-electron chi connectivity index (χ3n) is 1.33. The van der Waals surface area contributed by atoms with Gasteiger partial charge in [0.15, 0.2) is 0 Å². The fourth-order valence-corrected chi connectivity index (χ4v) is 1.54. The molecule has 0 bridgehead atoms. The Morgan fingerprint density at radius 2 is 1.56 bits per heavy atom. The summed E-state index contributed by atoms with van der Waals surface area (Å²) in [4.78, 5) is 21.2. The maximum absolute atomic E-state index is 11.1. The molecule has 0 aromatic rings. The van der Waals surface area contributed by atoms with Crippen LogP contribution in [0.1, 0.15) is 6.42 Å². The minimum atomic E-state index is -3.94. The van der Waals surface area contributed by atoms with E-state index in [1.807, 2.05) is 0 Å². The Balaban J connectivity index is -0.00000112. The molecule has 0 aliphatic rings. The Morgan fingerprint density at radius 3 is 2.00 bits per heavy atom. The molecule has 18 heavy (non-hydrogen) atoms. The summed E-state index contributed by atoms with van der Waals surface area (Å²) in [6, 6.07) is 0. The second kappa shape index (κ2) is 12.4. The van der Waals surface area contributed by atoms with Crippen LogP contribution in [-0.2, 0) is 28.6 Å². The van der Waals surface area contributed by atoms with E-state index in [-0.39, 0.29) is 72.1 Å². The van der Waals surface area contributed by atoms with E-state index in [2.05, 4.69) is 22.1 Å². The third-order valence-corrected chi connectivity index (χ3v) is 2.53. The van der Waals surface area contributed by atoms with Gasteiger partial charge in [-0.2, -0.15) is 8.42 Å². The quantitative estimate of drug-likeness (QED) is 0.194. The Bertz CT molecular complexity index is 390. The van der Waals surface area contributed by atoms with E-state index in [0.29, 0.717) is 0 Å². The van der Waals surface area contributed by atoms with E-state index >= 15 is 0 Å². The monoisotopic (exact) mass is 296 g/mol. The van der Waals surface area contributed by atoms with Crippen LogP contribution in [0.3, 0.4) is 0 Å². The maximum atomic E-state index is 11.1. The summed E-state index contributed by atoms with van der Waals surface area (Å²) in [6.45, 7) is 6.13. The summed E-state index contributed by atoms with van der Waals surface area (Å²) in [7, 11) is -3.94. The number of carbonyl (C=O) groups is 2. The van der Waals surface area contributed by atoms with E-state index in [1.165, 1.54) is 0 Å². The summed E-state index contributed by atoms with van der Waals surface area (Å²) in [5, 5.41) is 0. The van der Waals surface area contributed by atoms with Crippen molar-refractivity contribution in [3.63, 3.8) is 0 Å². The molecule has 94 valence electrons. The zero-order chi connectivity index (χ0) is 12.6. The van der Waals surface area contributed by atoms with Crippen molar-refractivity contribution in [3.8, 4) is 0 Å². The van der Waals surface area contributed by atoms with Crippen molar-refractivity contribution in [1.29, 1.82) is 0 Å². The van der Waals surface area contributed by atoms with Crippen LogP contribution in [0.15, 0.2) is 25.3 Å². The first-order valence-corrected chi connectivity index (χ1v) is 5.87. The zero-order valence-electron chi connectivity index (χ0n) is 8.55. The van der Waals surface area contributed by atoms with Gasteiger partial charge in [-0.1, -0.05) is 13.2 Å². The van der Waals surface area contributed by atoms with Gasteiger partial charge in [0.1, 0.15) is 0 Å². The second-order valence-corrected chi connectivity index (χ2v) is 4.28. The van der Waals surface area contributed by atoms with Crippen LogP contribution >= 0.6 is 0 Å². The van der Waals surface area contributed by atoms with Crippen LogP contribution in [0, 0.1) is 0 Å². The molecular formula is C9H14Na2O6S. The van der Waals surface area contributed by atoms with Crippen molar-refractivity contribution in [3.05, 3.63) is 25.3 Å². The Hall–Kier alpha value is 0.370. The SMILES string of the molecule is C=CC(=O)OCCCS(=O)(=O)OC(=O)C=C.[NaH].[NaH]. The van der Waals surface area contributed by atoms with Crippen molar-refractivity contribution < 1.29 is 26.9 Å². The van der Waals surface area contributed by atoms with Crippen molar-refractivity contribution in [1.82, 2.24) is 0 Å². The van der Waals surface area contributed by atoms with Gasteiger partial charge in [-0.05, 0) is 6.42 Å². The predicted molar refractivity (Wildman–Crippen MR) is 70.1 cm³/mol. The van der Waals surface area contributed by atoms with Crippen molar-refractivity contribution in [2.75, 3.05) is 12.4 Å². The van der Waals surface area contributed by atoms with E-state index < -0.39 is 27.8 Å². The minimum absolute atomic E-state index is 0.